The number of nitrogens with zero attached hydrogens (tertiary/aromatic N) is 1. The lowest BCUT2D eigenvalue weighted by molar-refractivity contribution is 0.103. The second-order valence-corrected chi connectivity index (χ2v) is 9.59. The van der Waals surface area contributed by atoms with Crippen LogP contribution in [0, 0.1) is 5.41 Å². The highest BCUT2D eigenvalue weighted by molar-refractivity contribution is 7.86. The van der Waals surface area contributed by atoms with Crippen molar-refractivity contribution >= 4 is 44.7 Å². The summed E-state index contributed by atoms with van der Waals surface area (Å²) in [6, 6.07) is 6.14. The highest BCUT2D eigenvalue weighted by Gasteiger charge is 2.45. The molecule has 0 bridgehead atoms. The van der Waals surface area contributed by atoms with Crippen molar-refractivity contribution in [2.24, 2.45) is 5.41 Å². The van der Waals surface area contributed by atoms with Crippen LogP contribution in [0.3, 0.4) is 0 Å². The molecular weight excluding hydrogens is 423 g/mol. The van der Waals surface area contributed by atoms with E-state index in [1.54, 1.807) is 32.2 Å². The smallest absolute Gasteiger partial charge is 0.272 e. The van der Waals surface area contributed by atoms with E-state index in [9.17, 15) is 17.8 Å². The quantitative estimate of drug-likeness (QED) is 0.534. The molecule has 0 saturated carbocycles. The van der Waals surface area contributed by atoms with Crippen LogP contribution in [0.15, 0.2) is 47.7 Å². The molecule has 0 radical (unpaired) electrons. The standard InChI is InChI=1S/C19H18Cl2N2O4S/c1-10-16(17(24)12-5-4-11(20)8-14(12)21)13(15-6-7-22-23-15)9-19(2,3)18(10)28(25,26)27/h4-9,18H,1-3H3,(H,22,23)(H,25,26,27). The van der Waals surface area contributed by atoms with Gasteiger partial charge in [0.15, 0.2) is 5.78 Å². The molecule has 3 rings (SSSR count). The molecule has 0 fully saturated rings. The summed E-state index contributed by atoms with van der Waals surface area (Å²) < 4.78 is 34.1. The second-order valence-electron chi connectivity index (χ2n) is 7.25. The van der Waals surface area contributed by atoms with Crippen molar-refractivity contribution in [2.75, 3.05) is 0 Å². The number of hydrogen-bond donors (Lipinski definition) is 2. The first kappa shape index (κ1) is 20.8. The van der Waals surface area contributed by atoms with Crippen LogP contribution in [0.4, 0.5) is 0 Å². The monoisotopic (exact) mass is 440 g/mol. The zero-order chi connectivity index (χ0) is 20.9. The number of aromatic amines is 1. The molecule has 0 saturated heterocycles. The Hall–Kier alpha value is -1.93. The highest BCUT2D eigenvalue weighted by atomic mass is 35.5. The van der Waals surface area contributed by atoms with Crippen molar-refractivity contribution in [3.63, 3.8) is 0 Å². The number of benzene rings is 1. The van der Waals surface area contributed by atoms with Gasteiger partial charge in [-0.3, -0.25) is 14.4 Å². The summed E-state index contributed by atoms with van der Waals surface area (Å²) >= 11 is 12.1. The van der Waals surface area contributed by atoms with E-state index in [4.69, 9.17) is 23.2 Å². The molecule has 6 nitrogen and oxygen atoms in total. The lowest BCUT2D eigenvalue weighted by Crippen LogP contribution is -2.40. The van der Waals surface area contributed by atoms with Gasteiger partial charge in [-0.05, 0) is 36.8 Å². The summed E-state index contributed by atoms with van der Waals surface area (Å²) in [6.07, 6.45) is 3.25. The number of nitrogens with one attached hydrogen (secondary N) is 1. The Morgan fingerprint density at radius 2 is 1.93 bits per heavy atom. The van der Waals surface area contributed by atoms with Crippen molar-refractivity contribution in [1.82, 2.24) is 10.2 Å². The number of allylic oxidation sites excluding steroid dienone is 3. The average Bonchev–Trinajstić information content (AvgIpc) is 3.05. The third-order valence-corrected chi connectivity index (χ3v) is 6.83. The number of halogens is 2. The van der Waals surface area contributed by atoms with E-state index < -0.39 is 26.6 Å². The van der Waals surface area contributed by atoms with Gasteiger partial charge in [-0.1, -0.05) is 43.1 Å². The molecule has 1 aromatic carbocycles. The summed E-state index contributed by atoms with van der Waals surface area (Å²) in [4.78, 5) is 13.4. The minimum absolute atomic E-state index is 0.137. The molecule has 2 N–H and O–H groups in total. The van der Waals surface area contributed by atoms with E-state index in [-0.39, 0.29) is 21.7 Å². The number of ketones is 1. The van der Waals surface area contributed by atoms with Crippen LogP contribution >= 0.6 is 23.2 Å². The van der Waals surface area contributed by atoms with E-state index in [1.165, 1.54) is 25.1 Å². The molecule has 0 amide bonds. The number of H-pyrrole nitrogens is 1. The van der Waals surface area contributed by atoms with E-state index >= 15 is 0 Å². The SMILES string of the molecule is CC1=C(C(=O)c2ccc(Cl)cc2Cl)C(c2cc[nH]n2)=CC(C)(C)C1S(=O)(=O)O. The lowest BCUT2D eigenvalue weighted by atomic mass is 9.73. The van der Waals surface area contributed by atoms with Crippen LogP contribution in [0.1, 0.15) is 36.8 Å². The topological polar surface area (TPSA) is 100 Å². The van der Waals surface area contributed by atoms with Gasteiger partial charge in [-0.15, -0.1) is 0 Å². The molecule has 0 spiro atoms. The maximum Gasteiger partial charge on any atom is 0.272 e. The second kappa shape index (κ2) is 7.15. The van der Waals surface area contributed by atoms with Crippen molar-refractivity contribution in [3.8, 4) is 0 Å². The molecule has 9 heteroatoms. The number of Topliss-reactive ketones (excluding diaryl/α,β-unsaturated/α-hetero) is 1. The van der Waals surface area contributed by atoms with E-state index in [0.717, 1.165) is 0 Å². The third-order valence-electron chi connectivity index (χ3n) is 4.73. The van der Waals surface area contributed by atoms with Gasteiger partial charge in [0, 0.05) is 33.3 Å². The minimum Gasteiger partial charge on any atom is -0.289 e. The van der Waals surface area contributed by atoms with Gasteiger partial charge in [0.1, 0.15) is 5.25 Å². The summed E-state index contributed by atoms with van der Waals surface area (Å²) in [5, 5.41) is 6.07. The molecule has 1 aliphatic carbocycles. The Morgan fingerprint density at radius 1 is 1.25 bits per heavy atom. The molecule has 1 unspecified atom stereocenters. The Morgan fingerprint density at radius 3 is 2.46 bits per heavy atom. The molecule has 0 aliphatic heterocycles. The number of carbonyl (C=O) groups is 1. The predicted octanol–water partition coefficient (Wildman–Crippen LogP) is 4.60. The first-order valence-electron chi connectivity index (χ1n) is 8.33. The Kier molecular flexibility index (Phi) is 5.31. The van der Waals surface area contributed by atoms with E-state index in [2.05, 4.69) is 10.2 Å². The van der Waals surface area contributed by atoms with Crippen LogP contribution < -0.4 is 0 Å². The van der Waals surface area contributed by atoms with Crippen molar-refractivity contribution in [1.29, 1.82) is 0 Å². The van der Waals surface area contributed by atoms with Crippen LogP contribution in [-0.4, -0.2) is 34.2 Å². The van der Waals surface area contributed by atoms with Gasteiger partial charge in [0.05, 0.1) is 10.7 Å². The molecule has 148 valence electrons. The van der Waals surface area contributed by atoms with Crippen molar-refractivity contribution < 1.29 is 17.8 Å². The molecule has 1 atom stereocenters. The summed E-state index contributed by atoms with van der Waals surface area (Å²) in [7, 11) is -4.48. The number of rotatable bonds is 4. The van der Waals surface area contributed by atoms with Crippen LogP contribution in [-0.2, 0) is 10.1 Å². The Bertz CT molecular complexity index is 1120. The largest absolute Gasteiger partial charge is 0.289 e. The van der Waals surface area contributed by atoms with Crippen LogP contribution in [0.5, 0.6) is 0 Å². The molecular formula is C19H18Cl2N2O4S. The fraction of sp³-hybridized carbons (Fsp3) is 0.263. The van der Waals surface area contributed by atoms with Gasteiger partial charge < -0.3 is 0 Å². The van der Waals surface area contributed by atoms with Crippen molar-refractivity contribution in [3.05, 3.63) is 69.0 Å². The molecule has 2 aromatic rings. The Balaban J connectivity index is 2.29. The van der Waals surface area contributed by atoms with Crippen LogP contribution in [0.25, 0.3) is 5.57 Å². The summed E-state index contributed by atoms with van der Waals surface area (Å²) in [6.45, 7) is 4.88. The third kappa shape index (κ3) is 3.67. The van der Waals surface area contributed by atoms with E-state index in [0.29, 0.717) is 16.3 Å². The van der Waals surface area contributed by atoms with Gasteiger partial charge in [0.2, 0.25) is 0 Å². The minimum atomic E-state index is -4.48. The first-order valence-corrected chi connectivity index (χ1v) is 10.6. The molecule has 1 aromatic heterocycles. The molecule has 1 aliphatic rings. The number of carbonyl (C=O) groups excluding carboxylic acids is 1. The zero-order valence-electron chi connectivity index (χ0n) is 15.3. The van der Waals surface area contributed by atoms with Crippen LogP contribution in [0.2, 0.25) is 10.0 Å². The number of hydrogen-bond acceptors (Lipinski definition) is 4. The fourth-order valence-electron chi connectivity index (χ4n) is 3.75. The Labute approximate surface area is 173 Å². The summed E-state index contributed by atoms with van der Waals surface area (Å²) in [5.74, 6) is -0.474. The highest BCUT2D eigenvalue weighted by Crippen LogP contribution is 2.45. The lowest BCUT2D eigenvalue weighted by Gasteiger charge is -2.36. The predicted molar refractivity (Wildman–Crippen MR) is 109 cm³/mol. The van der Waals surface area contributed by atoms with Gasteiger partial charge in [-0.2, -0.15) is 13.5 Å². The number of aromatic nitrogens is 2. The van der Waals surface area contributed by atoms with E-state index in [1.807, 2.05) is 0 Å². The fourth-order valence-corrected chi connectivity index (χ4v) is 5.65. The molecule has 1 heterocycles. The summed E-state index contributed by atoms with van der Waals surface area (Å²) in [5.41, 5.74) is 0.520. The zero-order valence-corrected chi connectivity index (χ0v) is 17.7. The maximum absolute atomic E-state index is 13.4. The van der Waals surface area contributed by atoms with Gasteiger partial charge in [0.25, 0.3) is 10.1 Å². The van der Waals surface area contributed by atoms with Gasteiger partial charge >= 0.3 is 0 Å². The first-order chi connectivity index (χ1) is 12.9. The normalized spacial score (nSPS) is 19.5. The maximum atomic E-state index is 13.4. The molecule has 28 heavy (non-hydrogen) atoms. The van der Waals surface area contributed by atoms with Crippen molar-refractivity contribution in [2.45, 2.75) is 26.0 Å². The average molecular weight is 441 g/mol. The van der Waals surface area contributed by atoms with Gasteiger partial charge in [-0.25, -0.2) is 0 Å².